The zero-order valence-corrected chi connectivity index (χ0v) is 14.1. The molecule has 0 heterocycles. The fourth-order valence-corrected chi connectivity index (χ4v) is 2.36. The standard InChI is InChI=1S/C19H22N2O4/c1-15(23)25-13-11-21(10-12-22)18-9-5-8-17(14-18)20-19(24)16-6-3-2-4-7-16/h2-9,14,22H,10-13H2,1H3,(H,20,24). The summed E-state index contributed by atoms with van der Waals surface area (Å²) in [5.74, 6) is -0.529. The summed E-state index contributed by atoms with van der Waals surface area (Å²) in [6.07, 6.45) is 0. The van der Waals surface area contributed by atoms with Gasteiger partial charge in [-0.05, 0) is 30.3 Å². The number of carbonyl (C=O) groups is 2. The Balaban J connectivity index is 2.07. The van der Waals surface area contributed by atoms with Crippen LogP contribution in [0, 0.1) is 0 Å². The summed E-state index contributed by atoms with van der Waals surface area (Å²) in [7, 11) is 0. The smallest absolute Gasteiger partial charge is 0.302 e. The third-order valence-electron chi connectivity index (χ3n) is 3.54. The third kappa shape index (κ3) is 5.93. The van der Waals surface area contributed by atoms with Crippen molar-refractivity contribution in [2.75, 3.05) is 36.5 Å². The van der Waals surface area contributed by atoms with E-state index in [0.717, 1.165) is 5.69 Å². The number of amides is 1. The molecule has 2 N–H and O–H groups in total. The topological polar surface area (TPSA) is 78.9 Å². The summed E-state index contributed by atoms with van der Waals surface area (Å²) >= 11 is 0. The summed E-state index contributed by atoms with van der Waals surface area (Å²) < 4.78 is 4.96. The molecule has 6 nitrogen and oxygen atoms in total. The number of hydrogen-bond acceptors (Lipinski definition) is 5. The van der Waals surface area contributed by atoms with E-state index < -0.39 is 0 Å². The highest BCUT2D eigenvalue weighted by Gasteiger charge is 2.10. The highest BCUT2D eigenvalue weighted by Crippen LogP contribution is 2.20. The van der Waals surface area contributed by atoms with E-state index in [4.69, 9.17) is 4.74 Å². The molecule has 0 saturated heterocycles. The predicted octanol–water partition coefficient (Wildman–Crippen LogP) is 2.30. The van der Waals surface area contributed by atoms with E-state index in [2.05, 4.69) is 5.32 Å². The number of aliphatic hydroxyl groups is 1. The van der Waals surface area contributed by atoms with Crippen LogP contribution in [-0.2, 0) is 9.53 Å². The number of hydrogen-bond donors (Lipinski definition) is 2. The summed E-state index contributed by atoms with van der Waals surface area (Å²) in [4.78, 5) is 25.0. The maximum absolute atomic E-state index is 12.2. The monoisotopic (exact) mass is 342 g/mol. The zero-order chi connectivity index (χ0) is 18.1. The molecule has 2 rings (SSSR count). The molecule has 0 saturated carbocycles. The average molecular weight is 342 g/mol. The van der Waals surface area contributed by atoms with E-state index >= 15 is 0 Å². The Bertz CT molecular complexity index is 704. The Labute approximate surface area is 147 Å². The molecule has 0 radical (unpaired) electrons. The van der Waals surface area contributed by atoms with Gasteiger partial charge in [0.05, 0.1) is 13.2 Å². The van der Waals surface area contributed by atoms with Gasteiger partial charge in [0.2, 0.25) is 0 Å². The largest absolute Gasteiger partial charge is 0.464 e. The van der Waals surface area contributed by atoms with Gasteiger partial charge in [-0.15, -0.1) is 0 Å². The number of aliphatic hydroxyl groups excluding tert-OH is 1. The zero-order valence-electron chi connectivity index (χ0n) is 14.1. The normalized spacial score (nSPS) is 10.2. The average Bonchev–Trinajstić information content (AvgIpc) is 2.61. The maximum Gasteiger partial charge on any atom is 0.302 e. The van der Waals surface area contributed by atoms with Crippen LogP contribution >= 0.6 is 0 Å². The Hall–Kier alpha value is -2.86. The molecule has 1 amide bonds. The molecule has 2 aromatic rings. The van der Waals surface area contributed by atoms with E-state index in [9.17, 15) is 14.7 Å². The van der Waals surface area contributed by atoms with E-state index in [1.165, 1.54) is 6.92 Å². The molecular weight excluding hydrogens is 320 g/mol. The summed E-state index contributed by atoms with van der Waals surface area (Å²) in [6.45, 7) is 2.42. The van der Waals surface area contributed by atoms with E-state index in [0.29, 0.717) is 24.3 Å². The number of nitrogens with zero attached hydrogens (tertiary/aromatic N) is 1. The van der Waals surface area contributed by atoms with Crippen LogP contribution in [-0.4, -0.2) is 43.3 Å². The van der Waals surface area contributed by atoms with Crippen molar-refractivity contribution in [3.8, 4) is 0 Å². The molecule has 0 aromatic heterocycles. The van der Waals surface area contributed by atoms with Crippen molar-refractivity contribution >= 4 is 23.3 Å². The minimum Gasteiger partial charge on any atom is -0.464 e. The van der Waals surface area contributed by atoms with Gasteiger partial charge in [-0.3, -0.25) is 9.59 Å². The third-order valence-corrected chi connectivity index (χ3v) is 3.54. The van der Waals surface area contributed by atoms with Gasteiger partial charge < -0.3 is 20.1 Å². The number of carbonyl (C=O) groups excluding carboxylic acids is 2. The van der Waals surface area contributed by atoms with Crippen molar-refractivity contribution in [2.45, 2.75) is 6.92 Å². The SMILES string of the molecule is CC(=O)OCCN(CCO)c1cccc(NC(=O)c2ccccc2)c1. The fraction of sp³-hybridized carbons (Fsp3) is 0.263. The lowest BCUT2D eigenvalue weighted by Crippen LogP contribution is -2.30. The van der Waals surface area contributed by atoms with Gasteiger partial charge in [0.25, 0.3) is 5.91 Å². The van der Waals surface area contributed by atoms with Crippen molar-refractivity contribution in [1.82, 2.24) is 0 Å². The molecule has 0 unspecified atom stereocenters. The van der Waals surface area contributed by atoms with Gasteiger partial charge >= 0.3 is 5.97 Å². The number of nitrogens with one attached hydrogen (secondary N) is 1. The van der Waals surface area contributed by atoms with Crippen LogP contribution in [0.5, 0.6) is 0 Å². The number of anilines is 2. The molecule has 132 valence electrons. The quantitative estimate of drug-likeness (QED) is 0.720. The van der Waals surface area contributed by atoms with Crippen molar-refractivity contribution < 1.29 is 19.4 Å². The van der Waals surface area contributed by atoms with Crippen LogP contribution in [0.15, 0.2) is 54.6 Å². The number of esters is 1. The molecular formula is C19H22N2O4. The molecule has 0 aliphatic carbocycles. The predicted molar refractivity (Wildman–Crippen MR) is 96.8 cm³/mol. The lowest BCUT2D eigenvalue weighted by Gasteiger charge is -2.24. The second-order valence-corrected chi connectivity index (χ2v) is 5.42. The van der Waals surface area contributed by atoms with Crippen LogP contribution in [0.3, 0.4) is 0 Å². The molecule has 0 spiro atoms. The van der Waals surface area contributed by atoms with Crippen LogP contribution in [0.4, 0.5) is 11.4 Å². The molecule has 0 aliphatic heterocycles. The van der Waals surface area contributed by atoms with Crippen LogP contribution in [0.1, 0.15) is 17.3 Å². The molecule has 0 fully saturated rings. The van der Waals surface area contributed by atoms with Gasteiger partial charge in [-0.1, -0.05) is 24.3 Å². The van der Waals surface area contributed by atoms with E-state index in [-0.39, 0.29) is 25.1 Å². The van der Waals surface area contributed by atoms with Crippen molar-refractivity contribution in [3.05, 3.63) is 60.2 Å². The fourth-order valence-electron chi connectivity index (χ4n) is 2.36. The van der Waals surface area contributed by atoms with Crippen molar-refractivity contribution in [3.63, 3.8) is 0 Å². The number of ether oxygens (including phenoxy) is 1. The highest BCUT2D eigenvalue weighted by atomic mass is 16.5. The van der Waals surface area contributed by atoms with Gasteiger partial charge in [0.15, 0.2) is 0 Å². The minimum absolute atomic E-state index is 0.0271. The number of rotatable bonds is 8. The highest BCUT2D eigenvalue weighted by molar-refractivity contribution is 6.04. The minimum atomic E-state index is -0.340. The van der Waals surface area contributed by atoms with Crippen LogP contribution < -0.4 is 10.2 Å². The van der Waals surface area contributed by atoms with Gasteiger partial charge in [-0.25, -0.2) is 0 Å². The molecule has 2 aromatic carbocycles. The number of benzene rings is 2. The molecule has 6 heteroatoms. The Morgan fingerprint density at radius 2 is 1.84 bits per heavy atom. The summed E-state index contributed by atoms with van der Waals surface area (Å²) in [5, 5.41) is 12.1. The first-order valence-corrected chi connectivity index (χ1v) is 8.06. The summed E-state index contributed by atoms with van der Waals surface area (Å²) in [5.41, 5.74) is 2.06. The van der Waals surface area contributed by atoms with Crippen molar-refractivity contribution in [1.29, 1.82) is 0 Å². The Morgan fingerprint density at radius 1 is 1.08 bits per heavy atom. The molecule has 0 aliphatic rings. The van der Waals surface area contributed by atoms with E-state index in [1.807, 2.05) is 41.3 Å². The molecule has 25 heavy (non-hydrogen) atoms. The lowest BCUT2D eigenvalue weighted by atomic mass is 10.2. The van der Waals surface area contributed by atoms with Gasteiger partial charge in [0.1, 0.15) is 6.61 Å². The first kappa shape index (κ1) is 18.5. The summed E-state index contributed by atoms with van der Waals surface area (Å²) in [6, 6.07) is 16.3. The second kappa shape index (κ2) is 9.44. The second-order valence-electron chi connectivity index (χ2n) is 5.42. The first-order valence-electron chi connectivity index (χ1n) is 8.06. The lowest BCUT2D eigenvalue weighted by molar-refractivity contribution is -0.140. The molecule has 0 bridgehead atoms. The maximum atomic E-state index is 12.2. The van der Waals surface area contributed by atoms with Gasteiger partial charge in [0, 0.05) is 30.4 Å². The Kier molecular flexibility index (Phi) is 6.98. The van der Waals surface area contributed by atoms with Crippen molar-refractivity contribution in [2.24, 2.45) is 0 Å². The van der Waals surface area contributed by atoms with E-state index in [1.54, 1.807) is 18.2 Å². The van der Waals surface area contributed by atoms with Gasteiger partial charge in [-0.2, -0.15) is 0 Å². The Morgan fingerprint density at radius 3 is 2.52 bits per heavy atom. The van der Waals surface area contributed by atoms with Crippen LogP contribution in [0.25, 0.3) is 0 Å². The van der Waals surface area contributed by atoms with Crippen LogP contribution in [0.2, 0.25) is 0 Å². The molecule has 0 atom stereocenters. The first-order chi connectivity index (χ1) is 12.1.